The minimum atomic E-state index is -0.345. The number of hydrogen-bond donors (Lipinski definition) is 1. The van der Waals surface area contributed by atoms with Crippen LogP contribution in [0, 0.1) is 11.2 Å². The molecule has 1 fully saturated rings. The van der Waals surface area contributed by atoms with Gasteiger partial charge in [0, 0.05) is 11.0 Å². The van der Waals surface area contributed by atoms with E-state index >= 15 is 0 Å². The van der Waals surface area contributed by atoms with Gasteiger partial charge < -0.3 is 5.32 Å². The van der Waals surface area contributed by atoms with Gasteiger partial charge in [0.1, 0.15) is 5.82 Å². The zero-order chi connectivity index (χ0) is 13.9. The first-order valence-electron chi connectivity index (χ1n) is 6.73. The molecule has 1 N–H and O–H groups in total. The first kappa shape index (κ1) is 14.5. The summed E-state index contributed by atoms with van der Waals surface area (Å²) in [5.74, 6) is -0.485. The lowest BCUT2D eigenvalue weighted by molar-refractivity contribution is 0.0918. The van der Waals surface area contributed by atoms with Crippen LogP contribution >= 0.6 is 15.9 Å². The first-order chi connectivity index (χ1) is 9.00. The Hall–Kier alpha value is -0.900. The van der Waals surface area contributed by atoms with Gasteiger partial charge in [-0.15, -0.1) is 0 Å². The van der Waals surface area contributed by atoms with Crippen molar-refractivity contribution in [2.75, 3.05) is 6.54 Å². The molecule has 104 valence electrons. The number of hydrogen-bond acceptors (Lipinski definition) is 1. The molecule has 0 atom stereocenters. The predicted molar refractivity (Wildman–Crippen MR) is 77.6 cm³/mol. The Morgan fingerprint density at radius 3 is 2.68 bits per heavy atom. The number of benzene rings is 1. The average molecular weight is 328 g/mol. The Morgan fingerprint density at radius 1 is 1.37 bits per heavy atom. The fourth-order valence-electron chi connectivity index (χ4n) is 2.64. The molecule has 0 aliphatic heterocycles. The van der Waals surface area contributed by atoms with E-state index in [1.165, 1.54) is 37.5 Å². The van der Waals surface area contributed by atoms with E-state index in [1.54, 1.807) is 0 Å². The molecular formula is C15H19BrFNO. The molecule has 1 aliphatic rings. The predicted octanol–water partition coefficient (Wildman–Crippen LogP) is 4.29. The highest BCUT2D eigenvalue weighted by atomic mass is 79.9. The van der Waals surface area contributed by atoms with Crippen molar-refractivity contribution in [1.82, 2.24) is 5.32 Å². The molecule has 0 bridgehead atoms. The molecule has 2 rings (SSSR count). The second kappa shape index (κ2) is 6.04. The van der Waals surface area contributed by atoms with Crippen molar-refractivity contribution < 1.29 is 9.18 Å². The van der Waals surface area contributed by atoms with E-state index in [4.69, 9.17) is 0 Å². The summed E-state index contributed by atoms with van der Waals surface area (Å²) in [5, 5.41) is 2.98. The Morgan fingerprint density at radius 2 is 2.05 bits per heavy atom. The topological polar surface area (TPSA) is 29.1 Å². The van der Waals surface area contributed by atoms with Gasteiger partial charge >= 0.3 is 0 Å². The van der Waals surface area contributed by atoms with Crippen LogP contribution in [0.25, 0.3) is 0 Å². The van der Waals surface area contributed by atoms with Crippen LogP contribution in [-0.4, -0.2) is 12.5 Å². The number of halogens is 2. The lowest BCUT2D eigenvalue weighted by Gasteiger charge is -2.33. The van der Waals surface area contributed by atoms with E-state index in [-0.39, 0.29) is 17.1 Å². The third-order valence-corrected chi connectivity index (χ3v) is 4.57. The van der Waals surface area contributed by atoms with Crippen LogP contribution in [0.3, 0.4) is 0 Å². The summed E-state index contributed by atoms with van der Waals surface area (Å²) in [4.78, 5) is 12.1. The maximum absolute atomic E-state index is 13.0. The highest BCUT2D eigenvalue weighted by molar-refractivity contribution is 9.10. The van der Waals surface area contributed by atoms with Gasteiger partial charge in [-0.05, 0) is 52.4 Å². The van der Waals surface area contributed by atoms with Crippen molar-refractivity contribution in [1.29, 1.82) is 0 Å². The van der Waals surface area contributed by atoms with Crippen LogP contribution in [0.2, 0.25) is 0 Å². The second-order valence-electron chi connectivity index (χ2n) is 5.68. The number of carbonyl (C=O) groups is 1. The molecule has 1 saturated carbocycles. The standard InChI is InChI=1S/C15H19BrFNO/c1-15(7-3-2-4-8-15)10-18-14(19)12-6-5-11(17)9-13(12)16/h5-6,9H,2-4,7-8,10H2,1H3,(H,18,19). The number of carbonyl (C=O) groups excluding carboxylic acids is 1. The molecule has 1 aliphatic carbocycles. The summed E-state index contributed by atoms with van der Waals surface area (Å²) in [6.45, 7) is 2.92. The van der Waals surface area contributed by atoms with Gasteiger partial charge in [0.15, 0.2) is 0 Å². The average Bonchev–Trinajstić information content (AvgIpc) is 2.37. The van der Waals surface area contributed by atoms with Gasteiger partial charge in [0.05, 0.1) is 5.56 Å². The molecule has 0 saturated heterocycles. The Kier molecular flexibility index (Phi) is 4.61. The van der Waals surface area contributed by atoms with Gasteiger partial charge in [0.25, 0.3) is 5.91 Å². The van der Waals surface area contributed by atoms with Gasteiger partial charge in [-0.25, -0.2) is 4.39 Å². The molecule has 2 nitrogen and oxygen atoms in total. The van der Waals surface area contributed by atoms with Crippen molar-refractivity contribution in [3.05, 3.63) is 34.1 Å². The number of amides is 1. The minimum Gasteiger partial charge on any atom is -0.351 e. The lowest BCUT2D eigenvalue weighted by atomic mass is 9.76. The number of rotatable bonds is 3. The molecule has 4 heteroatoms. The molecule has 0 aromatic heterocycles. The highest BCUT2D eigenvalue weighted by Crippen LogP contribution is 2.35. The lowest BCUT2D eigenvalue weighted by Crippen LogP contribution is -2.37. The fraction of sp³-hybridized carbons (Fsp3) is 0.533. The van der Waals surface area contributed by atoms with Gasteiger partial charge in [-0.1, -0.05) is 26.2 Å². The largest absolute Gasteiger partial charge is 0.351 e. The van der Waals surface area contributed by atoms with E-state index in [0.717, 1.165) is 12.8 Å². The number of nitrogens with one attached hydrogen (secondary N) is 1. The molecule has 0 heterocycles. The van der Waals surface area contributed by atoms with Crippen LogP contribution in [0.4, 0.5) is 4.39 Å². The molecule has 0 unspecified atom stereocenters. The summed E-state index contributed by atoms with van der Waals surface area (Å²) in [6, 6.07) is 4.14. The van der Waals surface area contributed by atoms with Gasteiger partial charge in [-0.2, -0.15) is 0 Å². The maximum Gasteiger partial charge on any atom is 0.252 e. The van der Waals surface area contributed by atoms with Crippen LogP contribution in [-0.2, 0) is 0 Å². The first-order valence-corrected chi connectivity index (χ1v) is 7.53. The molecule has 1 amide bonds. The molecule has 19 heavy (non-hydrogen) atoms. The molecule has 0 radical (unpaired) electrons. The molecular weight excluding hydrogens is 309 g/mol. The molecule has 1 aromatic rings. The van der Waals surface area contributed by atoms with Crippen molar-refractivity contribution >= 4 is 21.8 Å². The smallest absolute Gasteiger partial charge is 0.252 e. The minimum absolute atomic E-state index is 0.140. The highest BCUT2D eigenvalue weighted by Gasteiger charge is 2.27. The monoisotopic (exact) mass is 327 g/mol. The molecule has 1 aromatic carbocycles. The van der Waals surface area contributed by atoms with E-state index in [0.29, 0.717) is 16.6 Å². The van der Waals surface area contributed by atoms with Crippen molar-refractivity contribution in [2.45, 2.75) is 39.0 Å². The summed E-state index contributed by atoms with van der Waals surface area (Å²) in [7, 11) is 0. The Labute approximate surface area is 121 Å². The zero-order valence-corrected chi connectivity index (χ0v) is 12.7. The Balaban J connectivity index is 1.97. The second-order valence-corrected chi connectivity index (χ2v) is 6.53. The third-order valence-electron chi connectivity index (χ3n) is 3.91. The van der Waals surface area contributed by atoms with Crippen molar-refractivity contribution in [3.8, 4) is 0 Å². The van der Waals surface area contributed by atoms with Crippen LogP contribution in [0.5, 0.6) is 0 Å². The summed E-state index contributed by atoms with van der Waals surface area (Å²) < 4.78 is 13.5. The van der Waals surface area contributed by atoms with E-state index in [9.17, 15) is 9.18 Å². The molecule has 0 spiro atoms. The van der Waals surface area contributed by atoms with E-state index < -0.39 is 0 Å². The van der Waals surface area contributed by atoms with Gasteiger partial charge in [-0.3, -0.25) is 4.79 Å². The van der Waals surface area contributed by atoms with Crippen LogP contribution < -0.4 is 5.32 Å². The summed E-state index contributed by atoms with van der Waals surface area (Å²) >= 11 is 3.23. The normalized spacial score (nSPS) is 18.1. The van der Waals surface area contributed by atoms with Gasteiger partial charge in [0.2, 0.25) is 0 Å². The van der Waals surface area contributed by atoms with E-state index in [2.05, 4.69) is 28.2 Å². The van der Waals surface area contributed by atoms with Crippen molar-refractivity contribution in [2.24, 2.45) is 5.41 Å². The van der Waals surface area contributed by atoms with E-state index in [1.807, 2.05) is 0 Å². The summed E-state index contributed by atoms with van der Waals surface area (Å²) in [5.41, 5.74) is 0.696. The van der Waals surface area contributed by atoms with Crippen LogP contribution in [0.15, 0.2) is 22.7 Å². The summed E-state index contributed by atoms with van der Waals surface area (Å²) in [6.07, 6.45) is 6.11. The SMILES string of the molecule is CC1(CNC(=O)c2ccc(F)cc2Br)CCCCC1. The quantitative estimate of drug-likeness (QED) is 0.881. The van der Waals surface area contributed by atoms with Crippen LogP contribution in [0.1, 0.15) is 49.4 Å². The fourth-order valence-corrected chi connectivity index (χ4v) is 3.18. The third kappa shape index (κ3) is 3.78. The maximum atomic E-state index is 13.0. The van der Waals surface area contributed by atoms with Crippen molar-refractivity contribution in [3.63, 3.8) is 0 Å². The Bertz CT molecular complexity index is 469. The zero-order valence-electron chi connectivity index (χ0n) is 11.1.